The number of allylic oxidation sites excluding steroid dienone is 1. The van der Waals surface area contributed by atoms with Crippen LogP contribution in [-0.2, 0) is 0 Å². The summed E-state index contributed by atoms with van der Waals surface area (Å²) in [4.78, 5) is 17.5. The number of nitrogens with zero attached hydrogens (tertiary/aromatic N) is 2. The highest BCUT2D eigenvalue weighted by molar-refractivity contribution is 7.19. The predicted octanol–water partition coefficient (Wildman–Crippen LogP) is 5.62. The maximum absolute atomic E-state index is 13.0. The monoisotopic (exact) mass is 380 g/mol. The van der Waals surface area contributed by atoms with Gasteiger partial charge in [-0.2, -0.15) is 5.26 Å². The second-order valence-electron chi connectivity index (χ2n) is 6.34. The van der Waals surface area contributed by atoms with Gasteiger partial charge in [-0.1, -0.05) is 42.5 Å². The topological polar surface area (TPSA) is 66.9 Å². The minimum Gasteiger partial charge on any atom is -0.463 e. The number of hydrogen-bond donors (Lipinski definition) is 0. The molecule has 0 aliphatic rings. The lowest BCUT2D eigenvalue weighted by atomic mass is 10.1. The van der Waals surface area contributed by atoms with E-state index in [1.54, 1.807) is 12.1 Å². The average Bonchev–Trinajstić information content (AvgIpc) is 3.17. The van der Waals surface area contributed by atoms with Gasteiger partial charge in [-0.25, -0.2) is 4.98 Å². The van der Waals surface area contributed by atoms with Gasteiger partial charge in [-0.3, -0.25) is 4.79 Å². The molecule has 0 bridgehead atoms. The van der Waals surface area contributed by atoms with Crippen LogP contribution in [0.25, 0.3) is 43.6 Å². The summed E-state index contributed by atoms with van der Waals surface area (Å²) < 4.78 is 6.80. The van der Waals surface area contributed by atoms with Crippen LogP contribution in [0.1, 0.15) is 10.6 Å². The van der Waals surface area contributed by atoms with Gasteiger partial charge in [-0.15, -0.1) is 11.3 Å². The molecular formula is C23H12N2O2S. The molecule has 0 saturated carbocycles. The Bertz CT molecular complexity index is 1470. The van der Waals surface area contributed by atoms with Gasteiger partial charge in [0.25, 0.3) is 0 Å². The van der Waals surface area contributed by atoms with Crippen molar-refractivity contribution < 1.29 is 4.42 Å². The number of fused-ring (bicyclic) bond motifs is 4. The van der Waals surface area contributed by atoms with E-state index < -0.39 is 0 Å². The van der Waals surface area contributed by atoms with Gasteiger partial charge in [0.15, 0.2) is 5.43 Å². The van der Waals surface area contributed by atoms with Crippen molar-refractivity contribution in [2.24, 2.45) is 0 Å². The van der Waals surface area contributed by atoms with Crippen molar-refractivity contribution in [3.05, 3.63) is 87.7 Å². The summed E-state index contributed by atoms with van der Waals surface area (Å²) in [6.45, 7) is 0. The van der Waals surface area contributed by atoms with Crippen LogP contribution in [0.4, 0.5) is 0 Å². The minimum atomic E-state index is -0.166. The third kappa shape index (κ3) is 2.59. The van der Waals surface area contributed by atoms with Gasteiger partial charge in [0, 0.05) is 5.39 Å². The standard InChI is InChI=1S/C23H12N2O2S/c24-12-15(23-25-19-7-3-4-8-20(19)28-23)11-16-13-27-22-17-6-2-1-5-14(17)9-10-18(22)21(16)26/h1-11,13H. The van der Waals surface area contributed by atoms with Crippen molar-refractivity contribution in [1.82, 2.24) is 4.98 Å². The zero-order valence-corrected chi connectivity index (χ0v) is 15.4. The first kappa shape index (κ1) is 16.4. The van der Waals surface area contributed by atoms with E-state index in [4.69, 9.17) is 4.42 Å². The molecule has 132 valence electrons. The summed E-state index contributed by atoms with van der Waals surface area (Å²) >= 11 is 1.43. The zero-order valence-electron chi connectivity index (χ0n) is 14.5. The number of para-hydroxylation sites is 1. The van der Waals surface area contributed by atoms with E-state index in [1.807, 2.05) is 54.6 Å². The number of nitriles is 1. The molecule has 0 aliphatic carbocycles. The number of benzene rings is 3. The van der Waals surface area contributed by atoms with E-state index in [9.17, 15) is 10.1 Å². The Morgan fingerprint density at radius 2 is 1.86 bits per heavy atom. The van der Waals surface area contributed by atoms with Gasteiger partial charge >= 0.3 is 0 Å². The van der Waals surface area contributed by atoms with Crippen molar-refractivity contribution in [2.45, 2.75) is 0 Å². The number of hydrogen-bond acceptors (Lipinski definition) is 5. The molecule has 0 atom stereocenters. The first-order valence-electron chi connectivity index (χ1n) is 8.65. The smallest absolute Gasteiger partial charge is 0.199 e. The summed E-state index contributed by atoms with van der Waals surface area (Å²) in [5.74, 6) is 0. The van der Waals surface area contributed by atoms with Crippen molar-refractivity contribution in [2.75, 3.05) is 0 Å². The molecule has 28 heavy (non-hydrogen) atoms. The van der Waals surface area contributed by atoms with E-state index in [-0.39, 0.29) is 5.43 Å². The maximum Gasteiger partial charge on any atom is 0.199 e. The molecule has 0 radical (unpaired) electrons. The largest absolute Gasteiger partial charge is 0.463 e. The Morgan fingerprint density at radius 3 is 2.71 bits per heavy atom. The van der Waals surface area contributed by atoms with Crippen molar-refractivity contribution in [3.8, 4) is 6.07 Å². The Morgan fingerprint density at radius 1 is 1.04 bits per heavy atom. The fraction of sp³-hybridized carbons (Fsp3) is 0. The van der Waals surface area contributed by atoms with Crippen molar-refractivity contribution in [1.29, 1.82) is 5.26 Å². The Balaban J connectivity index is 1.69. The lowest BCUT2D eigenvalue weighted by Crippen LogP contribution is -2.05. The van der Waals surface area contributed by atoms with Crippen LogP contribution in [-0.4, -0.2) is 4.98 Å². The van der Waals surface area contributed by atoms with Gasteiger partial charge in [0.2, 0.25) is 0 Å². The van der Waals surface area contributed by atoms with Gasteiger partial charge in [-0.05, 0) is 29.7 Å². The number of aromatic nitrogens is 1. The summed E-state index contributed by atoms with van der Waals surface area (Å²) in [5.41, 5.74) is 1.90. The molecule has 0 fully saturated rings. The Kier molecular flexibility index (Phi) is 3.78. The zero-order chi connectivity index (χ0) is 19.1. The second-order valence-corrected chi connectivity index (χ2v) is 7.37. The van der Waals surface area contributed by atoms with Crippen LogP contribution in [0.2, 0.25) is 0 Å². The summed E-state index contributed by atoms with van der Waals surface area (Å²) in [7, 11) is 0. The van der Waals surface area contributed by atoms with Crippen molar-refractivity contribution in [3.63, 3.8) is 0 Å². The molecule has 0 saturated heterocycles. The maximum atomic E-state index is 13.0. The summed E-state index contributed by atoms with van der Waals surface area (Å²) in [6, 6.07) is 21.3. The van der Waals surface area contributed by atoms with E-state index in [0.29, 0.717) is 27.1 Å². The molecule has 5 heteroatoms. The highest BCUT2D eigenvalue weighted by Crippen LogP contribution is 2.28. The minimum absolute atomic E-state index is 0.166. The Labute approximate surface area is 163 Å². The lowest BCUT2D eigenvalue weighted by Gasteiger charge is -2.03. The van der Waals surface area contributed by atoms with Gasteiger partial charge in [0.1, 0.15) is 22.9 Å². The quantitative estimate of drug-likeness (QED) is 0.294. The third-order valence-electron chi connectivity index (χ3n) is 4.63. The Hall–Kier alpha value is -3.75. The molecule has 0 spiro atoms. The van der Waals surface area contributed by atoms with Gasteiger partial charge < -0.3 is 4.42 Å². The van der Waals surface area contributed by atoms with E-state index in [0.717, 1.165) is 21.0 Å². The molecule has 4 nitrogen and oxygen atoms in total. The highest BCUT2D eigenvalue weighted by Gasteiger charge is 2.12. The van der Waals surface area contributed by atoms with Crippen LogP contribution in [0.3, 0.4) is 0 Å². The van der Waals surface area contributed by atoms with Crippen LogP contribution in [0.5, 0.6) is 0 Å². The molecular weight excluding hydrogens is 368 g/mol. The first-order chi connectivity index (χ1) is 13.7. The van der Waals surface area contributed by atoms with E-state index in [2.05, 4.69) is 11.1 Å². The van der Waals surface area contributed by atoms with Crippen LogP contribution < -0.4 is 5.43 Å². The first-order valence-corrected chi connectivity index (χ1v) is 9.47. The summed E-state index contributed by atoms with van der Waals surface area (Å²) in [5, 5.41) is 12.6. The molecule has 3 aromatic carbocycles. The molecule has 0 unspecified atom stereocenters. The third-order valence-corrected chi connectivity index (χ3v) is 5.70. The number of thiazole rings is 1. The predicted molar refractivity (Wildman–Crippen MR) is 113 cm³/mol. The lowest BCUT2D eigenvalue weighted by molar-refractivity contribution is 0.604. The molecule has 5 aromatic rings. The molecule has 5 rings (SSSR count). The highest BCUT2D eigenvalue weighted by atomic mass is 32.1. The van der Waals surface area contributed by atoms with Gasteiger partial charge in [0.05, 0.1) is 26.7 Å². The summed E-state index contributed by atoms with van der Waals surface area (Å²) in [6.07, 6.45) is 2.97. The molecule has 0 N–H and O–H groups in total. The van der Waals surface area contributed by atoms with Crippen LogP contribution >= 0.6 is 11.3 Å². The molecule has 2 heterocycles. The van der Waals surface area contributed by atoms with Crippen LogP contribution in [0, 0.1) is 11.3 Å². The van der Waals surface area contributed by atoms with E-state index >= 15 is 0 Å². The van der Waals surface area contributed by atoms with Crippen LogP contribution in [0.15, 0.2) is 76.1 Å². The normalized spacial score (nSPS) is 11.9. The fourth-order valence-electron chi connectivity index (χ4n) is 3.26. The SMILES string of the molecule is N#CC(=Cc1coc2c(ccc3ccccc32)c1=O)c1nc2ccccc2s1. The fourth-order valence-corrected chi connectivity index (χ4v) is 4.20. The van der Waals surface area contributed by atoms with Crippen molar-refractivity contribution >= 4 is 54.9 Å². The van der Waals surface area contributed by atoms with E-state index in [1.165, 1.54) is 17.6 Å². The molecule has 0 amide bonds. The molecule has 2 aromatic heterocycles. The molecule has 0 aliphatic heterocycles. The average molecular weight is 380 g/mol. The number of rotatable bonds is 2. The second kappa shape index (κ2) is 6.45.